The van der Waals surface area contributed by atoms with Crippen LogP contribution < -0.4 is 16.0 Å². The number of rotatable bonds is 11. The van der Waals surface area contributed by atoms with Crippen molar-refractivity contribution in [2.45, 2.75) is 32.9 Å². The van der Waals surface area contributed by atoms with Crippen molar-refractivity contribution in [2.75, 3.05) is 42.7 Å². The number of carbonyl (C=O) groups is 1. The summed E-state index contributed by atoms with van der Waals surface area (Å²) < 4.78 is 70.7. The number of anilines is 4. The van der Waals surface area contributed by atoms with Crippen LogP contribution in [0.15, 0.2) is 24.4 Å². The third kappa shape index (κ3) is 7.02. The van der Waals surface area contributed by atoms with Crippen molar-refractivity contribution in [1.29, 1.82) is 0 Å². The van der Waals surface area contributed by atoms with Gasteiger partial charge >= 0.3 is 16.5 Å². The number of alkyl halides is 3. The quantitative estimate of drug-likeness (QED) is 0.415. The zero-order valence-electron chi connectivity index (χ0n) is 19.4. The van der Waals surface area contributed by atoms with Gasteiger partial charge < -0.3 is 16.0 Å². The fourth-order valence-electron chi connectivity index (χ4n) is 3.07. The molecule has 0 bridgehead atoms. The third-order valence-electron chi connectivity index (χ3n) is 5.38. The number of aromatic nitrogens is 2. The van der Waals surface area contributed by atoms with Crippen molar-refractivity contribution in [3.05, 3.63) is 35.5 Å². The maximum atomic E-state index is 13.5. The van der Waals surface area contributed by atoms with Crippen molar-refractivity contribution < 1.29 is 30.6 Å². The first-order valence-electron chi connectivity index (χ1n) is 10.9. The predicted molar refractivity (Wildman–Crippen MR) is 125 cm³/mol. The Bertz CT molecular complexity index is 1180. The van der Waals surface area contributed by atoms with Crippen molar-refractivity contribution >= 4 is 39.4 Å². The summed E-state index contributed by atoms with van der Waals surface area (Å²) >= 11 is 0. The zero-order valence-corrected chi connectivity index (χ0v) is 20.3. The highest BCUT2D eigenvalue weighted by Gasteiger charge is 2.35. The summed E-state index contributed by atoms with van der Waals surface area (Å²) in [5.74, 6) is -0.707. The molecule has 0 radical (unpaired) electrons. The molecule has 192 valence electrons. The molecule has 0 saturated carbocycles. The van der Waals surface area contributed by atoms with E-state index in [1.54, 1.807) is 18.2 Å². The number of halogens is 3. The monoisotopic (exact) mass is 516 g/mol. The lowest BCUT2D eigenvalue weighted by Crippen LogP contribution is -2.34. The lowest BCUT2D eigenvalue weighted by Gasteiger charge is -2.19. The number of likely N-dealkylation sites (N-methyl/N-ethyl adjacent to an activating group) is 1. The number of hydrogen-bond donors (Lipinski definition) is 3. The highest BCUT2D eigenvalue weighted by Crippen LogP contribution is 2.34. The van der Waals surface area contributed by atoms with Crippen molar-refractivity contribution in [3.8, 4) is 0 Å². The number of carbonyl (C=O) groups excluding carboxylic acids is 1. The van der Waals surface area contributed by atoms with E-state index in [4.69, 9.17) is 4.18 Å². The van der Waals surface area contributed by atoms with Crippen LogP contribution in [0.2, 0.25) is 0 Å². The molecule has 0 spiro atoms. The van der Waals surface area contributed by atoms with Gasteiger partial charge in [-0.3, -0.25) is 8.98 Å². The smallest absolute Gasteiger partial charge is 0.368 e. The molecule has 1 aliphatic rings. The summed E-state index contributed by atoms with van der Waals surface area (Å²) in [6, 6.07) is 4.99. The van der Waals surface area contributed by atoms with E-state index in [9.17, 15) is 26.4 Å². The zero-order chi connectivity index (χ0) is 25.8. The molecule has 0 saturated heterocycles. The van der Waals surface area contributed by atoms with Crippen molar-refractivity contribution in [3.63, 3.8) is 0 Å². The Morgan fingerprint density at radius 2 is 2.06 bits per heavy atom. The van der Waals surface area contributed by atoms with Gasteiger partial charge in [0.15, 0.2) is 0 Å². The van der Waals surface area contributed by atoms with Crippen LogP contribution in [-0.2, 0) is 31.9 Å². The normalized spacial score (nSPS) is 14.5. The lowest BCUT2D eigenvalue weighted by molar-refractivity contribution is -0.137. The highest BCUT2D eigenvalue weighted by atomic mass is 32.2. The van der Waals surface area contributed by atoms with Gasteiger partial charge in [0.05, 0.1) is 13.0 Å². The fourth-order valence-corrected chi connectivity index (χ4v) is 3.97. The standard InChI is InChI=1S/C21H27F3N6O4S/c1-4-13(2)12-34-35(32,33)30(3)8-7-25-19-16(21(22,23)24)11-26-20(29-19)27-15-5-6-17-14(9-15)10-18(31)28-17/h5-6,9,11,13H,4,7-8,10,12H2,1-3H3,(H,28,31)(H2,25,26,27,29). The molecule has 14 heteroatoms. The molecule has 10 nitrogen and oxygen atoms in total. The van der Waals surface area contributed by atoms with Crippen LogP contribution >= 0.6 is 0 Å². The van der Waals surface area contributed by atoms with Crippen LogP contribution in [0, 0.1) is 5.92 Å². The minimum absolute atomic E-state index is 0.0165. The summed E-state index contributed by atoms with van der Waals surface area (Å²) in [6.07, 6.45) is -3.14. The lowest BCUT2D eigenvalue weighted by atomic mass is 10.1. The largest absolute Gasteiger partial charge is 0.421 e. The SMILES string of the molecule is CCC(C)COS(=O)(=O)N(C)CCNc1nc(Nc2ccc3c(c2)CC(=O)N3)ncc1C(F)(F)F. The van der Waals surface area contributed by atoms with E-state index in [0.29, 0.717) is 17.6 Å². The molecule has 3 N–H and O–H groups in total. The van der Waals surface area contributed by atoms with Crippen LogP contribution in [0.5, 0.6) is 0 Å². The summed E-state index contributed by atoms with van der Waals surface area (Å²) in [5, 5.41) is 8.07. The van der Waals surface area contributed by atoms with Crippen LogP contribution in [0.4, 0.5) is 36.3 Å². The Hall–Kier alpha value is -2.97. The summed E-state index contributed by atoms with van der Waals surface area (Å²) in [7, 11) is -2.74. The number of hydrogen-bond acceptors (Lipinski definition) is 8. The Morgan fingerprint density at radius 3 is 2.74 bits per heavy atom. The number of benzene rings is 1. The van der Waals surface area contributed by atoms with Gasteiger partial charge in [-0.25, -0.2) is 4.98 Å². The predicted octanol–water partition coefficient (Wildman–Crippen LogP) is 3.38. The fraction of sp³-hybridized carbons (Fsp3) is 0.476. The van der Waals surface area contributed by atoms with Crippen LogP contribution in [0.25, 0.3) is 0 Å². The minimum atomic E-state index is -4.72. The third-order valence-corrected chi connectivity index (χ3v) is 6.76. The molecular weight excluding hydrogens is 489 g/mol. The van der Waals surface area contributed by atoms with E-state index in [2.05, 4.69) is 25.9 Å². The summed E-state index contributed by atoms with van der Waals surface area (Å²) in [6.45, 7) is 3.45. The maximum Gasteiger partial charge on any atom is 0.421 e. The number of nitrogens with zero attached hydrogens (tertiary/aromatic N) is 3. The van der Waals surface area contributed by atoms with Gasteiger partial charge in [-0.2, -0.15) is 30.9 Å². The first-order valence-corrected chi connectivity index (χ1v) is 12.2. The van der Waals surface area contributed by atoms with Gasteiger partial charge in [0.1, 0.15) is 11.4 Å². The van der Waals surface area contributed by atoms with Crippen LogP contribution in [0.1, 0.15) is 31.4 Å². The van der Waals surface area contributed by atoms with E-state index in [-0.39, 0.29) is 43.9 Å². The number of fused-ring (bicyclic) bond motifs is 1. The Labute approximate surface area is 201 Å². The Morgan fingerprint density at radius 1 is 1.31 bits per heavy atom. The van der Waals surface area contributed by atoms with E-state index in [1.165, 1.54) is 7.05 Å². The van der Waals surface area contributed by atoms with E-state index in [1.807, 2.05) is 13.8 Å². The molecule has 1 aromatic carbocycles. The van der Waals surface area contributed by atoms with Crippen molar-refractivity contribution in [2.24, 2.45) is 5.92 Å². The second kappa shape index (κ2) is 10.7. The molecular formula is C21H27F3N6O4S. The summed E-state index contributed by atoms with van der Waals surface area (Å²) in [4.78, 5) is 19.2. The first kappa shape index (κ1) is 26.6. The maximum absolute atomic E-state index is 13.5. The molecule has 1 aromatic heterocycles. The molecule has 35 heavy (non-hydrogen) atoms. The van der Waals surface area contributed by atoms with Crippen molar-refractivity contribution in [1.82, 2.24) is 14.3 Å². The van der Waals surface area contributed by atoms with Crippen LogP contribution in [0.3, 0.4) is 0 Å². The number of amides is 1. The van der Waals surface area contributed by atoms with Gasteiger partial charge in [-0.1, -0.05) is 20.3 Å². The minimum Gasteiger partial charge on any atom is -0.368 e. The molecule has 1 amide bonds. The Balaban J connectivity index is 1.69. The van der Waals surface area contributed by atoms with Gasteiger partial charge in [-0.05, 0) is 29.7 Å². The van der Waals surface area contributed by atoms with Gasteiger partial charge in [0, 0.05) is 37.7 Å². The molecule has 3 rings (SSSR count). The molecule has 1 unspecified atom stereocenters. The van der Waals surface area contributed by atoms with E-state index < -0.39 is 27.9 Å². The second-order valence-electron chi connectivity index (χ2n) is 8.18. The molecule has 0 fully saturated rings. The summed E-state index contributed by atoms with van der Waals surface area (Å²) in [5.41, 5.74) is 0.814. The first-order chi connectivity index (χ1) is 16.4. The van der Waals surface area contributed by atoms with E-state index in [0.717, 1.165) is 16.3 Å². The molecule has 0 aliphatic carbocycles. The molecule has 1 atom stereocenters. The van der Waals surface area contributed by atoms with E-state index >= 15 is 0 Å². The second-order valence-corrected chi connectivity index (χ2v) is 9.89. The van der Waals surface area contributed by atoms with Gasteiger partial charge in [0.25, 0.3) is 0 Å². The highest BCUT2D eigenvalue weighted by molar-refractivity contribution is 7.84. The molecule has 1 aliphatic heterocycles. The number of nitrogens with one attached hydrogen (secondary N) is 3. The topological polar surface area (TPSA) is 126 Å². The Kier molecular flexibility index (Phi) is 8.18. The molecule has 2 aromatic rings. The molecule has 2 heterocycles. The van der Waals surface area contributed by atoms with Gasteiger partial charge in [0.2, 0.25) is 11.9 Å². The average molecular weight is 517 g/mol. The van der Waals surface area contributed by atoms with Crippen LogP contribution in [-0.4, -0.2) is 55.3 Å². The van der Waals surface area contributed by atoms with Gasteiger partial charge in [-0.15, -0.1) is 0 Å². The average Bonchev–Trinajstić information content (AvgIpc) is 3.16.